The Hall–Kier alpha value is -1.58. The van der Waals surface area contributed by atoms with E-state index in [0.717, 1.165) is 11.4 Å². The number of imidazole rings is 2. The van der Waals surface area contributed by atoms with Crippen molar-refractivity contribution in [2.75, 3.05) is 0 Å². The molecule has 56 valence electrons. The normalized spacial score (nSPS) is 10.3. The Kier molecular flexibility index (Phi) is 1.25. The summed E-state index contributed by atoms with van der Waals surface area (Å²) in [6.45, 7) is 0. The molecule has 2 aromatic rings. The molecule has 0 saturated carbocycles. The minimum atomic E-state index is 0.921. The van der Waals surface area contributed by atoms with Gasteiger partial charge in [-0.3, -0.25) is 0 Å². The van der Waals surface area contributed by atoms with Gasteiger partial charge >= 0.3 is 0 Å². The molecule has 2 heterocycles. The van der Waals surface area contributed by atoms with Crippen LogP contribution in [0.1, 0.15) is 0 Å². The summed E-state index contributed by atoms with van der Waals surface area (Å²) < 4.78 is 1.90. The van der Waals surface area contributed by atoms with Crippen molar-refractivity contribution >= 4 is 0 Å². The van der Waals surface area contributed by atoms with Crippen LogP contribution in [0.2, 0.25) is 0 Å². The topological polar surface area (TPSA) is 46.5 Å². The van der Waals surface area contributed by atoms with Gasteiger partial charge in [0, 0.05) is 13.2 Å². The Morgan fingerprint density at radius 1 is 1.55 bits per heavy atom. The van der Waals surface area contributed by atoms with Gasteiger partial charge in [0.15, 0.2) is 0 Å². The van der Waals surface area contributed by atoms with Gasteiger partial charge in [-0.1, -0.05) is 0 Å². The molecular weight excluding hydrogens is 140 g/mol. The molecule has 0 spiro atoms. The molecule has 1 N–H and O–H groups in total. The molecule has 0 unspecified atom stereocenters. The first kappa shape index (κ1) is 6.15. The summed E-state index contributed by atoms with van der Waals surface area (Å²) in [4.78, 5) is 11.0. The fraction of sp³-hybridized carbons (Fsp3) is 0.143. The Labute approximate surface area is 63.9 Å². The summed E-state index contributed by atoms with van der Waals surface area (Å²) in [5.74, 6) is 0. The van der Waals surface area contributed by atoms with Crippen LogP contribution in [0.3, 0.4) is 0 Å². The van der Waals surface area contributed by atoms with Crippen LogP contribution in [0.15, 0.2) is 25.0 Å². The molecule has 0 amide bonds. The molecule has 11 heavy (non-hydrogen) atoms. The van der Waals surface area contributed by atoms with Crippen LogP contribution in [0, 0.1) is 0 Å². The largest absolute Gasteiger partial charge is 0.343 e. The fourth-order valence-corrected chi connectivity index (χ4v) is 0.948. The maximum absolute atomic E-state index is 4.15. The van der Waals surface area contributed by atoms with Crippen LogP contribution >= 0.6 is 0 Å². The number of nitrogens with one attached hydrogen (secondary N) is 1. The van der Waals surface area contributed by atoms with E-state index in [9.17, 15) is 0 Å². The Balaban J connectivity index is 2.45. The van der Waals surface area contributed by atoms with E-state index >= 15 is 0 Å². The average Bonchev–Trinajstić information content (AvgIpc) is 2.55. The molecule has 4 nitrogen and oxygen atoms in total. The quantitative estimate of drug-likeness (QED) is 0.650. The lowest BCUT2D eigenvalue weighted by atomic mass is 10.4. The summed E-state index contributed by atoms with van der Waals surface area (Å²) in [6.07, 6.45) is 7.09. The molecule has 0 fully saturated rings. The van der Waals surface area contributed by atoms with E-state index in [1.54, 1.807) is 18.9 Å². The monoisotopic (exact) mass is 148 g/mol. The van der Waals surface area contributed by atoms with Crippen molar-refractivity contribution in [3.63, 3.8) is 0 Å². The molecule has 0 atom stereocenters. The molecule has 0 aliphatic rings. The number of aryl methyl sites for hydroxylation is 1. The molecule has 0 aliphatic heterocycles. The first-order valence-electron chi connectivity index (χ1n) is 3.33. The van der Waals surface area contributed by atoms with Crippen molar-refractivity contribution in [3.05, 3.63) is 25.0 Å². The summed E-state index contributed by atoms with van der Waals surface area (Å²) in [7, 11) is 1.94. The molecule has 0 radical (unpaired) electrons. The van der Waals surface area contributed by atoms with Gasteiger partial charge in [0.05, 0.1) is 24.5 Å². The SMILES string of the molecule is Cn1cnc(-c2cnc[nH]2)c1. The van der Waals surface area contributed by atoms with Gasteiger partial charge in [-0.25, -0.2) is 9.97 Å². The predicted molar refractivity (Wildman–Crippen MR) is 40.8 cm³/mol. The van der Waals surface area contributed by atoms with Crippen LogP contribution < -0.4 is 0 Å². The highest BCUT2D eigenvalue weighted by Crippen LogP contribution is 2.10. The Morgan fingerprint density at radius 2 is 2.45 bits per heavy atom. The number of aromatic amines is 1. The number of nitrogens with zero attached hydrogens (tertiary/aromatic N) is 3. The standard InChI is InChI=1S/C7H8N4/c1-11-3-7(10-5-11)6-2-8-4-9-6/h2-5H,1H3,(H,8,9). The second kappa shape index (κ2) is 2.23. The van der Waals surface area contributed by atoms with Crippen molar-refractivity contribution in [3.8, 4) is 11.4 Å². The van der Waals surface area contributed by atoms with E-state index in [4.69, 9.17) is 0 Å². The van der Waals surface area contributed by atoms with Crippen LogP contribution in [-0.2, 0) is 7.05 Å². The second-order valence-corrected chi connectivity index (χ2v) is 2.39. The van der Waals surface area contributed by atoms with Crippen molar-refractivity contribution in [2.45, 2.75) is 0 Å². The number of H-pyrrole nitrogens is 1. The van der Waals surface area contributed by atoms with E-state index in [-0.39, 0.29) is 0 Å². The van der Waals surface area contributed by atoms with Crippen LogP contribution in [0.25, 0.3) is 11.4 Å². The highest BCUT2D eigenvalue weighted by atomic mass is 15.0. The highest BCUT2D eigenvalue weighted by molar-refractivity contribution is 5.50. The van der Waals surface area contributed by atoms with Gasteiger partial charge < -0.3 is 9.55 Å². The Morgan fingerprint density at radius 3 is 3.00 bits per heavy atom. The first-order valence-corrected chi connectivity index (χ1v) is 3.33. The second-order valence-electron chi connectivity index (χ2n) is 2.39. The lowest BCUT2D eigenvalue weighted by Crippen LogP contribution is -1.78. The molecule has 4 heteroatoms. The third-order valence-electron chi connectivity index (χ3n) is 1.48. The highest BCUT2D eigenvalue weighted by Gasteiger charge is 1.99. The molecule has 2 aromatic heterocycles. The zero-order valence-electron chi connectivity index (χ0n) is 6.15. The van der Waals surface area contributed by atoms with Crippen molar-refractivity contribution in [1.29, 1.82) is 0 Å². The van der Waals surface area contributed by atoms with Crippen LogP contribution in [0.5, 0.6) is 0 Å². The lowest BCUT2D eigenvalue weighted by molar-refractivity contribution is 0.913. The third-order valence-corrected chi connectivity index (χ3v) is 1.48. The van der Waals surface area contributed by atoms with Crippen LogP contribution in [0.4, 0.5) is 0 Å². The lowest BCUT2D eigenvalue weighted by Gasteiger charge is -1.85. The van der Waals surface area contributed by atoms with E-state index in [1.165, 1.54) is 0 Å². The predicted octanol–water partition coefficient (Wildman–Crippen LogP) is 0.810. The minimum absolute atomic E-state index is 0.921. The van der Waals surface area contributed by atoms with E-state index in [1.807, 2.05) is 17.8 Å². The molecular formula is C7H8N4. The van der Waals surface area contributed by atoms with E-state index in [2.05, 4.69) is 15.0 Å². The van der Waals surface area contributed by atoms with E-state index in [0.29, 0.717) is 0 Å². The summed E-state index contributed by atoms with van der Waals surface area (Å²) >= 11 is 0. The van der Waals surface area contributed by atoms with Gasteiger partial charge in [0.1, 0.15) is 5.69 Å². The Bertz CT molecular complexity index is 333. The van der Waals surface area contributed by atoms with Crippen LogP contribution in [-0.4, -0.2) is 19.5 Å². The maximum atomic E-state index is 4.15. The van der Waals surface area contributed by atoms with Crippen molar-refractivity contribution in [1.82, 2.24) is 19.5 Å². The van der Waals surface area contributed by atoms with Crippen molar-refractivity contribution < 1.29 is 0 Å². The number of aromatic nitrogens is 4. The summed E-state index contributed by atoms with van der Waals surface area (Å²) in [6, 6.07) is 0. The third kappa shape index (κ3) is 1.02. The number of rotatable bonds is 1. The summed E-state index contributed by atoms with van der Waals surface area (Å²) in [5, 5.41) is 0. The van der Waals surface area contributed by atoms with E-state index < -0.39 is 0 Å². The van der Waals surface area contributed by atoms with Gasteiger partial charge in [0.2, 0.25) is 0 Å². The molecule has 0 aliphatic carbocycles. The van der Waals surface area contributed by atoms with Gasteiger partial charge in [-0.15, -0.1) is 0 Å². The van der Waals surface area contributed by atoms with Gasteiger partial charge in [0.25, 0.3) is 0 Å². The van der Waals surface area contributed by atoms with Gasteiger partial charge in [-0.05, 0) is 0 Å². The zero-order valence-corrected chi connectivity index (χ0v) is 6.15. The fourth-order valence-electron chi connectivity index (χ4n) is 0.948. The molecule has 0 aromatic carbocycles. The smallest absolute Gasteiger partial charge is 0.106 e. The molecule has 2 rings (SSSR count). The van der Waals surface area contributed by atoms with Gasteiger partial charge in [-0.2, -0.15) is 0 Å². The number of hydrogen-bond acceptors (Lipinski definition) is 2. The van der Waals surface area contributed by atoms with Crippen molar-refractivity contribution in [2.24, 2.45) is 7.05 Å². The molecule has 0 bridgehead atoms. The number of hydrogen-bond donors (Lipinski definition) is 1. The average molecular weight is 148 g/mol. The molecule has 0 saturated heterocycles. The minimum Gasteiger partial charge on any atom is -0.343 e. The maximum Gasteiger partial charge on any atom is 0.106 e. The zero-order chi connectivity index (χ0) is 7.68. The first-order chi connectivity index (χ1) is 5.36. The summed E-state index contributed by atoms with van der Waals surface area (Å²) in [5.41, 5.74) is 1.87.